The number of aryl methyl sites for hydroxylation is 2. The van der Waals surface area contributed by atoms with Crippen molar-refractivity contribution in [2.24, 2.45) is 7.05 Å². The summed E-state index contributed by atoms with van der Waals surface area (Å²) in [5.74, 6) is -0.235. The van der Waals surface area contributed by atoms with E-state index in [0.29, 0.717) is 17.2 Å². The Balaban J connectivity index is 1.37. The predicted octanol–water partition coefficient (Wildman–Crippen LogP) is 4.51. The fourth-order valence-corrected chi connectivity index (χ4v) is 4.99. The monoisotopic (exact) mass is 480 g/mol. The first-order valence-electron chi connectivity index (χ1n) is 11.5. The molecular formula is C25H32N6O2S. The lowest BCUT2D eigenvalue weighted by Crippen LogP contribution is -2.33. The molecule has 1 aliphatic heterocycles. The van der Waals surface area contributed by atoms with E-state index in [1.54, 1.807) is 10.9 Å². The highest BCUT2D eigenvalue weighted by molar-refractivity contribution is 7.14. The average molecular weight is 481 g/mol. The van der Waals surface area contributed by atoms with Crippen LogP contribution < -0.4 is 10.6 Å². The molecule has 1 saturated heterocycles. The van der Waals surface area contributed by atoms with Gasteiger partial charge < -0.3 is 5.32 Å². The Kier molecular flexibility index (Phi) is 6.86. The van der Waals surface area contributed by atoms with Gasteiger partial charge in [0.05, 0.1) is 29.7 Å². The summed E-state index contributed by atoms with van der Waals surface area (Å²) in [7, 11) is 1.83. The molecule has 180 valence electrons. The van der Waals surface area contributed by atoms with Crippen LogP contribution in [0.25, 0.3) is 0 Å². The lowest BCUT2D eigenvalue weighted by atomic mass is 9.87. The van der Waals surface area contributed by atoms with Gasteiger partial charge in [-0.2, -0.15) is 5.10 Å². The van der Waals surface area contributed by atoms with Crippen molar-refractivity contribution in [1.29, 1.82) is 0 Å². The number of nitrogens with zero attached hydrogens (tertiary/aromatic N) is 4. The second-order valence-corrected chi connectivity index (χ2v) is 10.7. The normalized spacial score (nSPS) is 16.6. The number of amides is 2. The van der Waals surface area contributed by atoms with E-state index >= 15 is 0 Å². The van der Waals surface area contributed by atoms with Crippen LogP contribution in [-0.4, -0.2) is 44.6 Å². The van der Waals surface area contributed by atoms with E-state index in [1.807, 2.05) is 43.6 Å². The Labute approximate surface area is 204 Å². The standard InChI is InChI=1S/C25H32N6O2S/c1-16-19(13-30(5)29-16)26-22(32)14-31-12-6-7-21(31)20-15-34-24(27-20)28-23(33)17-8-10-18(11-9-17)25(2,3)4/h8-11,13,15,21H,6-7,12,14H2,1-5H3,(H,26,32)(H,27,28,33)/t21-/m0/s1. The average Bonchev–Trinajstić information content (AvgIpc) is 3.48. The van der Waals surface area contributed by atoms with Gasteiger partial charge in [-0.05, 0) is 49.4 Å². The zero-order chi connectivity index (χ0) is 24.5. The van der Waals surface area contributed by atoms with Gasteiger partial charge in [-0.3, -0.25) is 24.5 Å². The van der Waals surface area contributed by atoms with Crippen molar-refractivity contribution in [3.63, 3.8) is 0 Å². The molecule has 1 atom stereocenters. The summed E-state index contributed by atoms with van der Waals surface area (Å²) in [6, 6.07) is 7.76. The molecule has 1 aromatic carbocycles. The first kappa shape index (κ1) is 24.1. The number of thiazole rings is 1. The van der Waals surface area contributed by atoms with Crippen LogP contribution in [0.3, 0.4) is 0 Å². The van der Waals surface area contributed by atoms with Crippen LogP contribution in [0.1, 0.15) is 67.0 Å². The molecule has 2 aromatic heterocycles. The molecule has 1 aliphatic rings. The second kappa shape index (κ2) is 9.68. The summed E-state index contributed by atoms with van der Waals surface area (Å²) in [6.07, 6.45) is 3.74. The summed E-state index contributed by atoms with van der Waals surface area (Å²) < 4.78 is 1.69. The third-order valence-electron chi connectivity index (χ3n) is 6.09. The Morgan fingerprint density at radius 3 is 2.56 bits per heavy atom. The van der Waals surface area contributed by atoms with Gasteiger partial charge >= 0.3 is 0 Å². The highest BCUT2D eigenvalue weighted by atomic mass is 32.1. The van der Waals surface area contributed by atoms with E-state index in [4.69, 9.17) is 0 Å². The maximum absolute atomic E-state index is 12.7. The molecule has 0 spiro atoms. The van der Waals surface area contributed by atoms with Crippen molar-refractivity contribution in [1.82, 2.24) is 19.7 Å². The molecule has 0 aliphatic carbocycles. The molecule has 0 saturated carbocycles. The number of rotatable bonds is 6. The molecule has 1 fully saturated rings. The van der Waals surface area contributed by atoms with E-state index < -0.39 is 0 Å². The van der Waals surface area contributed by atoms with Crippen molar-refractivity contribution in [3.8, 4) is 0 Å². The van der Waals surface area contributed by atoms with Crippen LogP contribution in [0.4, 0.5) is 10.8 Å². The number of hydrogen-bond acceptors (Lipinski definition) is 6. The topological polar surface area (TPSA) is 92.2 Å². The first-order valence-corrected chi connectivity index (χ1v) is 12.4. The van der Waals surface area contributed by atoms with Gasteiger partial charge in [-0.25, -0.2) is 4.98 Å². The van der Waals surface area contributed by atoms with Crippen molar-refractivity contribution < 1.29 is 9.59 Å². The summed E-state index contributed by atoms with van der Waals surface area (Å²) >= 11 is 1.41. The Morgan fingerprint density at radius 2 is 1.91 bits per heavy atom. The number of anilines is 2. The number of benzene rings is 1. The van der Waals surface area contributed by atoms with Crippen LogP contribution in [0.5, 0.6) is 0 Å². The molecule has 34 heavy (non-hydrogen) atoms. The molecule has 9 heteroatoms. The molecule has 2 N–H and O–H groups in total. The minimum atomic E-state index is -0.171. The van der Waals surface area contributed by atoms with E-state index in [2.05, 4.69) is 46.4 Å². The molecule has 0 bridgehead atoms. The summed E-state index contributed by atoms with van der Waals surface area (Å²) in [4.78, 5) is 32.2. The number of carbonyl (C=O) groups is 2. The van der Waals surface area contributed by atoms with Gasteiger partial charge in [0, 0.05) is 24.2 Å². The van der Waals surface area contributed by atoms with Crippen molar-refractivity contribution >= 4 is 34.0 Å². The number of likely N-dealkylation sites (tertiary alicyclic amines) is 1. The number of aromatic nitrogens is 3. The van der Waals surface area contributed by atoms with E-state index in [9.17, 15) is 9.59 Å². The van der Waals surface area contributed by atoms with Crippen LogP contribution in [-0.2, 0) is 17.3 Å². The summed E-state index contributed by atoms with van der Waals surface area (Å²) in [6.45, 7) is 9.44. The fraction of sp³-hybridized carbons (Fsp3) is 0.440. The maximum atomic E-state index is 12.7. The zero-order valence-corrected chi connectivity index (χ0v) is 21.2. The van der Waals surface area contributed by atoms with E-state index in [-0.39, 0.29) is 23.3 Å². The van der Waals surface area contributed by atoms with Gasteiger partial charge in [-0.1, -0.05) is 32.9 Å². The van der Waals surface area contributed by atoms with Crippen molar-refractivity contribution in [3.05, 3.63) is 58.4 Å². The predicted molar refractivity (Wildman–Crippen MR) is 135 cm³/mol. The number of nitrogens with one attached hydrogen (secondary N) is 2. The lowest BCUT2D eigenvalue weighted by Gasteiger charge is -2.22. The summed E-state index contributed by atoms with van der Waals surface area (Å²) in [5.41, 5.74) is 4.25. The van der Waals surface area contributed by atoms with Crippen molar-refractivity contribution in [2.75, 3.05) is 23.7 Å². The molecular weight excluding hydrogens is 448 g/mol. The summed E-state index contributed by atoms with van der Waals surface area (Å²) in [5, 5.41) is 12.7. The molecule has 8 nitrogen and oxygen atoms in total. The van der Waals surface area contributed by atoms with Gasteiger partial charge in [0.2, 0.25) is 5.91 Å². The van der Waals surface area contributed by atoms with Gasteiger partial charge in [0.25, 0.3) is 5.91 Å². The van der Waals surface area contributed by atoms with Crippen LogP contribution >= 0.6 is 11.3 Å². The maximum Gasteiger partial charge on any atom is 0.257 e. The van der Waals surface area contributed by atoms with Gasteiger partial charge in [0.15, 0.2) is 5.13 Å². The number of carbonyl (C=O) groups excluding carboxylic acids is 2. The first-order chi connectivity index (χ1) is 16.1. The molecule has 3 heterocycles. The Hall–Kier alpha value is -3.04. The molecule has 2 amide bonds. The van der Waals surface area contributed by atoms with Crippen LogP contribution in [0.15, 0.2) is 35.8 Å². The zero-order valence-electron chi connectivity index (χ0n) is 20.4. The van der Waals surface area contributed by atoms with E-state index in [1.165, 1.54) is 16.9 Å². The van der Waals surface area contributed by atoms with Crippen molar-refractivity contribution in [2.45, 2.75) is 52.0 Å². The van der Waals surface area contributed by atoms with Gasteiger partial charge in [-0.15, -0.1) is 11.3 Å². The second-order valence-electron chi connectivity index (χ2n) is 9.84. The van der Waals surface area contributed by atoms with Crippen LogP contribution in [0, 0.1) is 6.92 Å². The fourth-order valence-electron chi connectivity index (χ4n) is 4.23. The molecule has 4 rings (SSSR count). The number of hydrogen-bond donors (Lipinski definition) is 2. The highest BCUT2D eigenvalue weighted by Gasteiger charge is 2.30. The Morgan fingerprint density at radius 1 is 1.18 bits per heavy atom. The third-order valence-corrected chi connectivity index (χ3v) is 6.87. The minimum absolute atomic E-state index is 0.0418. The molecule has 0 radical (unpaired) electrons. The molecule has 0 unspecified atom stereocenters. The largest absolute Gasteiger partial charge is 0.322 e. The SMILES string of the molecule is Cc1nn(C)cc1NC(=O)CN1CCC[C@H]1c1csc(NC(=O)c2ccc(C(C)(C)C)cc2)n1. The van der Waals surface area contributed by atoms with E-state index in [0.717, 1.165) is 36.5 Å². The van der Waals surface area contributed by atoms with Gasteiger partial charge in [0.1, 0.15) is 0 Å². The minimum Gasteiger partial charge on any atom is -0.322 e. The molecule has 3 aromatic rings. The lowest BCUT2D eigenvalue weighted by molar-refractivity contribution is -0.117. The smallest absolute Gasteiger partial charge is 0.257 e. The Bertz CT molecular complexity index is 1170. The highest BCUT2D eigenvalue weighted by Crippen LogP contribution is 2.33. The third kappa shape index (κ3) is 5.53. The quantitative estimate of drug-likeness (QED) is 0.542. The van der Waals surface area contributed by atoms with Crippen LogP contribution in [0.2, 0.25) is 0 Å².